The Balaban J connectivity index is 2.10. The Bertz CT molecular complexity index is 604. The highest BCUT2D eigenvalue weighted by atomic mass is 19.1. The summed E-state index contributed by atoms with van der Waals surface area (Å²) in [6.45, 7) is 0.229. The molecule has 2 aromatic rings. The number of nitrogens with one attached hydrogen (secondary N) is 1. The van der Waals surface area contributed by atoms with E-state index in [1.165, 1.54) is 19.2 Å². The Kier molecular flexibility index (Phi) is 5.00. The summed E-state index contributed by atoms with van der Waals surface area (Å²) in [6.07, 6.45) is -0.807. The minimum Gasteiger partial charge on any atom is -0.497 e. The van der Waals surface area contributed by atoms with Gasteiger partial charge in [-0.25, -0.2) is 4.39 Å². The van der Waals surface area contributed by atoms with Crippen LogP contribution in [0.4, 0.5) is 10.1 Å². The molecular formula is C16H18FNO3. The summed E-state index contributed by atoms with van der Waals surface area (Å²) >= 11 is 0. The first-order valence-electron chi connectivity index (χ1n) is 6.53. The molecule has 0 aliphatic rings. The van der Waals surface area contributed by atoms with E-state index in [0.717, 1.165) is 0 Å². The molecule has 21 heavy (non-hydrogen) atoms. The molecule has 0 aliphatic carbocycles. The Hall–Kier alpha value is -2.27. The second-order valence-corrected chi connectivity index (χ2v) is 4.51. The zero-order valence-corrected chi connectivity index (χ0v) is 12.0. The van der Waals surface area contributed by atoms with Crippen molar-refractivity contribution in [1.29, 1.82) is 0 Å². The molecule has 0 aromatic heterocycles. The van der Waals surface area contributed by atoms with Crippen molar-refractivity contribution in [1.82, 2.24) is 0 Å². The molecule has 0 heterocycles. The predicted molar refractivity (Wildman–Crippen MR) is 79.4 cm³/mol. The zero-order valence-electron chi connectivity index (χ0n) is 12.0. The molecule has 2 aromatic carbocycles. The first kappa shape index (κ1) is 15.1. The number of aliphatic hydroxyl groups excluding tert-OH is 1. The lowest BCUT2D eigenvalue weighted by atomic mass is 10.1. The van der Waals surface area contributed by atoms with Crippen molar-refractivity contribution < 1.29 is 19.0 Å². The summed E-state index contributed by atoms with van der Waals surface area (Å²) in [6, 6.07) is 11.3. The highest BCUT2D eigenvalue weighted by molar-refractivity contribution is 5.45. The average molecular weight is 291 g/mol. The minimum absolute atomic E-state index is 0.229. The lowest BCUT2D eigenvalue weighted by Crippen LogP contribution is -2.13. The fourth-order valence-electron chi connectivity index (χ4n) is 2.02. The fourth-order valence-corrected chi connectivity index (χ4v) is 2.02. The van der Waals surface area contributed by atoms with Crippen molar-refractivity contribution >= 4 is 5.69 Å². The third-order valence-corrected chi connectivity index (χ3v) is 3.12. The molecule has 4 nitrogen and oxygen atoms in total. The fraction of sp³-hybridized carbons (Fsp3) is 0.250. The highest BCUT2D eigenvalue weighted by Gasteiger charge is 2.14. The van der Waals surface area contributed by atoms with Crippen LogP contribution in [0.2, 0.25) is 0 Å². The number of benzene rings is 2. The highest BCUT2D eigenvalue weighted by Crippen LogP contribution is 2.29. The lowest BCUT2D eigenvalue weighted by Gasteiger charge is -2.17. The van der Waals surface area contributed by atoms with Gasteiger partial charge in [0.15, 0.2) is 0 Å². The van der Waals surface area contributed by atoms with Crippen molar-refractivity contribution in [3.8, 4) is 11.5 Å². The number of hydrogen-bond donors (Lipinski definition) is 2. The summed E-state index contributed by atoms with van der Waals surface area (Å²) in [4.78, 5) is 0. The van der Waals surface area contributed by atoms with Gasteiger partial charge in [-0.1, -0.05) is 6.07 Å². The molecule has 0 aliphatic heterocycles. The van der Waals surface area contributed by atoms with E-state index in [2.05, 4.69) is 5.32 Å². The Labute approximate surface area is 123 Å². The maximum atomic E-state index is 13.1. The van der Waals surface area contributed by atoms with Gasteiger partial charge < -0.3 is 19.9 Å². The number of halogens is 1. The summed E-state index contributed by atoms with van der Waals surface area (Å²) in [5, 5.41) is 13.3. The topological polar surface area (TPSA) is 50.7 Å². The molecule has 1 unspecified atom stereocenters. The van der Waals surface area contributed by atoms with E-state index >= 15 is 0 Å². The van der Waals surface area contributed by atoms with Crippen LogP contribution in [0, 0.1) is 5.82 Å². The number of ether oxygens (including phenoxy) is 2. The molecule has 1 atom stereocenters. The molecule has 0 radical (unpaired) electrons. The average Bonchev–Trinajstić information content (AvgIpc) is 2.52. The molecule has 2 N–H and O–H groups in total. The van der Waals surface area contributed by atoms with E-state index in [1.807, 2.05) is 0 Å². The van der Waals surface area contributed by atoms with E-state index in [0.29, 0.717) is 22.7 Å². The van der Waals surface area contributed by atoms with Crippen LogP contribution in [-0.2, 0) is 0 Å². The van der Waals surface area contributed by atoms with Gasteiger partial charge in [0.2, 0.25) is 0 Å². The van der Waals surface area contributed by atoms with Crippen LogP contribution < -0.4 is 14.8 Å². The Morgan fingerprint density at radius 2 is 1.95 bits per heavy atom. The standard InChI is InChI=1S/C16H18FNO3/c1-20-13-6-7-16(21-2)14(9-13)15(19)10-18-12-5-3-4-11(17)8-12/h3-9,15,18-19H,10H2,1-2H3. The van der Waals surface area contributed by atoms with Crippen LogP contribution in [0.25, 0.3) is 0 Å². The number of aliphatic hydroxyl groups is 1. The van der Waals surface area contributed by atoms with Gasteiger partial charge >= 0.3 is 0 Å². The SMILES string of the molecule is COc1ccc(OC)c(C(O)CNc2cccc(F)c2)c1. The van der Waals surface area contributed by atoms with Crippen LogP contribution in [-0.4, -0.2) is 25.9 Å². The van der Waals surface area contributed by atoms with E-state index in [9.17, 15) is 9.50 Å². The van der Waals surface area contributed by atoms with Crippen LogP contribution in [0.5, 0.6) is 11.5 Å². The maximum Gasteiger partial charge on any atom is 0.125 e. The van der Waals surface area contributed by atoms with Crippen molar-refractivity contribution in [2.45, 2.75) is 6.10 Å². The van der Waals surface area contributed by atoms with Gasteiger partial charge in [-0.3, -0.25) is 0 Å². The molecule has 0 saturated heterocycles. The lowest BCUT2D eigenvalue weighted by molar-refractivity contribution is 0.186. The Morgan fingerprint density at radius 3 is 2.62 bits per heavy atom. The largest absolute Gasteiger partial charge is 0.497 e. The van der Waals surface area contributed by atoms with E-state index in [-0.39, 0.29) is 12.4 Å². The summed E-state index contributed by atoms with van der Waals surface area (Å²) in [5.41, 5.74) is 1.22. The first-order chi connectivity index (χ1) is 10.1. The van der Waals surface area contributed by atoms with Gasteiger partial charge in [0.25, 0.3) is 0 Å². The smallest absolute Gasteiger partial charge is 0.125 e. The van der Waals surface area contributed by atoms with E-state index in [1.54, 1.807) is 37.4 Å². The van der Waals surface area contributed by atoms with Gasteiger partial charge in [-0.2, -0.15) is 0 Å². The van der Waals surface area contributed by atoms with E-state index < -0.39 is 6.10 Å². The van der Waals surface area contributed by atoms with Crippen molar-refractivity contribution in [3.63, 3.8) is 0 Å². The normalized spacial score (nSPS) is 11.8. The van der Waals surface area contributed by atoms with Gasteiger partial charge in [0.1, 0.15) is 17.3 Å². The summed E-state index contributed by atoms with van der Waals surface area (Å²) in [5.74, 6) is 0.883. The van der Waals surface area contributed by atoms with Crippen LogP contribution in [0.1, 0.15) is 11.7 Å². The quantitative estimate of drug-likeness (QED) is 0.859. The minimum atomic E-state index is -0.807. The zero-order chi connectivity index (χ0) is 15.2. The van der Waals surface area contributed by atoms with Crippen molar-refractivity contribution in [3.05, 3.63) is 53.8 Å². The Morgan fingerprint density at radius 1 is 1.14 bits per heavy atom. The molecule has 5 heteroatoms. The van der Waals surface area contributed by atoms with Crippen LogP contribution in [0.3, 0.4) is 0 Å². The van der Waals surface area contributed by atoms with Gasteiger partial charge in [-0.05, 0) is 36.4 Å². The molecular weight excluding hydrogens is 273 g/mol. The molecule has 0 spiro atoms. The molecule has 2 rings (SSSR count). The number of rotatable bonds is 6. The third kappa shape index (κ3) is 3.86. The van der Waals surface area contributed by atoms with Gasteiger partial charge in [0.05, 0.1) is 20.3 Å². The second kappa shape index (κ2) is 6.95. The summed E-state index contributed by atoms with van der Waals surface area (Å²) in [7, 11) is 3.10. The van der Waals surface area contributed by atoms with Gasteiger partial charge in [0, 0.05) is 17.8 Å². The van der Waals surface area contributed by atoms with Gasteiger partial charge in [-0.15, -0.1) is 0 Å². The molecule has 0 saturated carbocycles. The van der Waals surface area contributed by atoms with Crippen LogP contribution >= 0.6 is 0 Å². The van der Waals surface area contributed by atoms with E-state index in [4.69, 9.17) is 9.47 Å². The monoisotopic (exact) mass is 291 g/mol. The summed E-state index contributed by atoms with van der Waals surface area (Å²) < 4.78 is 23.5. The van der Waals surface area contributed by atoms with Crippen molar-refractivity contribution in [2.24, 2.45) is 0 Å². The van der Waals surface area contributed by atoms with Crippen molar-refractivity contribution in [2.75, 3.05) is 26.1 Å². The number of anilines is 1. The predicted octanol–water partition coefficient (Wildman–Crippen LogP) is 2.99. The number of methoxy groups -OCH3 is 2. The first-order valence-corrected chi connectivity index (χ1v) is 6.53. The molecule has 0 bridgehead atoms. The second-order valence-electron chi connectivity index (χ2n) is 4.51. The molecule has 0 amide bonds. The maximum absolute atomic E-state index is 13.1. The number of hydrogen-bond acceptors (Lipinski definition) is 4. The molecule has 0 fully saturated rings. The van der Waals surface area contributed by atoms with Crippen LogP contribution in [0.15, 0.2) is 42.5 Å². The molecule has 112 valence electrons. The third-order valence-electron chi connectivity index (χ3n) is 3.12.